The Labute approximate surface area is 467 Å². The number of aromatic nitrogens is 6. The molecule has 17 rings (SSSR count). The highest BCUT2D eigenvalue weighted by Crippen LogP contribution is 2.52. The maximum Gasteiger partial charge on any atom is 0.164 e. The Morgan fingerprint density at radius 3 is 1.30 bits per heavy atom. The van der Waals surface area contributed by atoms with Gasteiger partial charge in [0.25, 0.3) is 0 Å². The van der Waals surface area contributed by atoms with Crippen molar-refractivity contribution in [3.05, 3.63) is 296 Å². The third-order valence-electron chi connectivity index (χ3n) is 17.1. The van der Waals surface area contributed by atoms with E-state index < -0.39 is 0 Å². The van der Waals surface area contributed by atoms with E-state index in [0.29, 0.717) is 17.5 Å². The predicted molar refractivity (Wildman–Crippen MR) is 334 cm³/mol. The molecule has 4 aromatic heterocycles. The summed E-state index contributed by atoms with van der Waals surface area (Å²) in [5.74, 6) is 2.24. The van der Waals surface area contributed by atoms with Crippen molar-refractivity contribution in [2.75, 3.05) is 0 Å². The highest BCUT2D eigenvalue weighted by atomic mass is 15.0. The number of fused-ring (bicyclic) bond motifs is 15. The molecule has 2 aliphatic rings. The topological polar surface area (TPSA) is 53.5 Å². The highest BCUT2D eigenvalue weighted by Gasteiger charge is 2.34. The van der Waals surface area contributed by atoms with Gasteiger partial charge in [0, 0.05) is 77.9 Å². The molecule has 2 atom stereocenters. The van der Waals surface area contributed by atoms with E-state index in [4.69, 9.17) is 15.0 Å². The molecule has 0 N–H and O–H groups in total. The number of benzene rings is 11. The number of hydrogen-bond donors (Lipinski definition) is 0. The lowest BCUT2D eigenvalue weighted by Crippen LogP contribution is -2.18. The molecule has 15 aromatic rings. The van der Waals surface area contributed by atoms with Crippen molar-refractivity contribution >= 4 is 71.0 Å². The minimum atomic E-state index is 0.0999. The lowest BCUT2D eigenvalue weighted by atomic mass is 9.69. The van der Waals surface area contributed by atoms with Crippen LogP contribution in [0.4, 0.5) is 0 Å². The maximum atomic E-state index is 5.11. The molecule has 11 aromatic carbocycles. The third kappa shape index (κ3) is 7.10. The number of rotatable bonds is 7. The van der Waals surface area contributed by atoms with Crippen molar-refractivity contribution < 1.29 is 0 Å². The maximum absolute atomic E-state index is 5.11. The Morgan fingerprint density at radius 1 is 0.272 bits per heavy atom. The van der Waals surface area contributed by atoms with Gasteiger partial charge in [-0.2, -0.15) is 0 Å². The standard InChI is InChI=1S/C75H48N6/c1-4-18-47(19-5-1)73-76-74(48-20-6-2-7-21-48)78-75(77-73)51-32-37-57-58-38-35-53(45-63(58)56-25-11-10-24-55(56)62(57)44-51)80-68-30-16-12-26-59(68)64-42-49(33-39-70(64)80)50-34-40-71-65(43-50)60-27-13-17-31-69(60)81(71)54-36-41-72-66(46-54)61-28-14-15-29-67(61)79(72)52-22-8-3-9-23-52/h1-46,57,62H. The van der Waals surface area contributed by atoms with Crippen molar-refractivity contribution in [2.24, 2.45) is 0 Å². The quantitative estimate of drug-likeness (QED) is 0.160. The van der Waals surface area contributed by atoms with Crippen LogP contribution in [0.1, 0.15) is 28.8 Å². The average Bonchev–Trinajstić information content (AvgIpc) is 4.42. The lowest BCUT2D eigenvalue weighted by Gasteiger charge is -2.35. The first-order valence-electron chi connectivity index (χ1n) is 27.8. The van der Waals surface area contributed by atoms with E-state index in [1.807, 2.05) is 36.4 Å². The Bertz CT molecular complexity index is 5060. The van der Waals surface area contributed by atoms with Crippen LogP contribution in [0.5, 0.6) is 0 Å². The summed E-state index contributed by atoms with van der Waals surface area (Å²) in [4.78, 5) is 15.2. The average molecular weight is 1030 g/mol. The normalized spacial score (nSPS) is 14.7. The summed E-state index contributed by atoms with van der Waals surface area (Å²) < 4.78 is 7.28. The molecule has 6 heteroatoms. The second-order valence-corrected chi connectivity index (χ2v) is 21.5. The SMILES string of the molecule is C1=CC2c3ccc(-n4c5ccccc5c5cc(-c6ccc7c(c6)c6ccccc6n7-c6ccc7c(c6)c6ccccc6n7-c6ccccc6)ccc54)cc3-c3ccccc3C2C=C1c1nc(-c2ccccc2)nc(-c2ccccc2)n1. The van der Waals surface area contributed by atoms with E-state index in [0.717, 1.165) is 33.8 Å². The fourth-order valence-electron chi connectivity index (χ4n) is 13.4. The number of para-hydroxylation sites is 4. The van der Waals surface area contributed by atoms with Crippen LogP contribution in [0.25, 0.3) is 133 Å². The summed E-state index contributed by atoms with van der Waals surface area (Å²) in [6.45, 7) is 0. The van der Waals surface area contributed by atoms with Gasteiger partial charge in [0.05, 0.1) is 33.1 Å². The van der Waals surface area contributed by atoms with Crippen LogP contribution >= 0.6 is 0 Å². The molecule has 0 radical (unpaired) electrons. The summed E-state index contributed by atoms with van der Waals surface area (Å²) in [6, 6.07) is 94.6. The van der Waals surface area contributed by atoms with Gasteiger partial charge in [-0.05, 0) is 118 Å². The van der Waals surface area contributed by atoms with Crippen molar-refractivity contribution in [1.29, 1.82) is 0 Å². The molecule has 0 spiro atoms. The molecule has 0 saturated carbocycles. The first kappa shape index (κ1) is 45.3. The first-order chi connectivity index (χ1) is 40.2. The van der Waals surface area contributed by atoms with Crippen LogP contribution < -0.4 is 0 Å². The predicted octanol–water partition coefficient (Wildman–Crippen LogP) is 18.7. The largest absolute Gasteiger partial charge is 0.309 e. The Morgan fingerprint density at radius 2 is 0.704 bits per heavy atom. The van der Waals surface area contributed by atoms with Gasteiger partial charge in [-0.1, -0.05) is 194 Å². The smallest absolute Gasteiger partial charge is 0.164 e. The molecule has 378 valence electrons. The summed E-state index contributed by atoms with van der Waals surface area (Å²) in [5, 5.41) is 7.39. The van der Waals surface area contributed by atoms with Crippen molar-refractivity contribution in [3.63, 3.8) is 0 Å². The second-order valence-electron chi connectivity index (χ2n) is 21.5. The summed E-state index contributed by atoms with van der Waals surface area (Å²) in [7, 11) is 0. The number of hydrogen-bond acceptors (Lipinski definition) is 3. The molecule has 2 aliphatic carbocycles. The molecule has 6 nitrogen and oxygen atoms in total. The highest BCUT2D eigenvalue weighted by molar-refractivity contribution is 6.14. The molecule has 0 bridgehead atoms. The Hall–Kier alpha value is -10.7. The van der Waals surface area contributed by atoms with Crippen molar-refractivity contribution in [1.82, 2.24) is 28.7 Å². The van der Waals surface area contributed by atoms with Crippen LogP contribution in [0, 0.1) is 0 Å². The van der Waals surface area contributed by atoms with E-state index in [9.17, 15) is 0 Å². The Balaban J connectivity index is 0.745. The van der Waals surface area contributed by atoms with Gasteiger partial charge in [-0.15, -0.1) is 0 Å². The minimum absolute atomic E-state index is 0.0999. The zero-order chi connectivity index (χ0) is 53.1. The van der Waals surface area contributed by atoms with Crippen LogP contribution in [0.15, 0.2) is 279 Å². The van der Waals surface area contributed by atoms with Crippen molar-refractivity contribution in [3.8, 4) is 62.1 Å². The van der Waals surface area contributed by atoms with Crippen LogP contribution in [0.2, 0.25) is 0 Å². The Kier molecular flexibility index (Phi) is 10.0. The van der Waals surface area contributed by atoms with Gasteiger partial charge in [-0.25, -0.2) is 15.0 Å². The second kappa shape index (κ2) is 17.9. The summed E-state index contributed by atoms with van der Waals surface area (Å²) >= 11 is 0. The van der Waals surface area contributed by atoms with E-state index in [1.54, 1.807) is 0 Å². The summed E-state index contributed by atoms with van der Waals surface area (Å²) in [5.41, 5.74) is 21.0. The monoisotopic (exact) mass is 1030 g/mol. The molecule has 4 heterocycles. The van der Waals surface area contributed by atoms with E-state index in [2.05, 4.69) is 256 Å². The van der Waals surface area contributed by atoms with Gasteiger partial charge < -0.3 is 13.7 Å². The number of allylic oxidation sites excluding steroid dienone is 4. The van der Waals surface area contributed by atoms with Crippen LogP contribution in [-0.2, 0) is 0 Å². The van der Waals surface area contributed by atoms with Gasteiger partial charge >= 0.3 is 0 Å². The van der Waals surface area contributed by atoms with Crippen molar-refractivity contribution in [2.45, 2.75) is 11.8 Å². The fraction of sp³-hybridized carbons (Fsp3) is 0.0267. The zero-order valence-corrected chi connectivity index (χ0v) is 43.9. The van der Waals surface area contributed by atoms with E-state index in [-0.39, 0.29) is 11.8 Å². The van der Waals surface area contributed by atoms with E-state index >= 15 is 0 Å². The number of nitrogens with zero attached hydrogens (tertiary/aromatic N) is 6. The molecule has 0 amide bonds. The molecular weight excluding hydrogens is 985 g/mol. The molecule has 81 heavy (non-hydrogen) atoms. The van der Waals surface area contributed by atoms with E-state index in [1.165, 1.54) is 98.8 Å². The molecule has 2 unspecified atom stereocenters. The van der Waals surface area contributed by atoms with Gasteiger partial charge in [0.1, 0.15) is 0 Å². The van der Waals surface area contributed by atoms with Crippen LogP contribution in [-0.4, -0.2) is 28.7 Å². The minimum Gasteiger partial charge on any atom is -0.309 e. The molecule has 0 aliphatic heterocycles. The molecule has 0 saturated heterocycles. The molecular formula is C75H48N6. The van der Waals surface area contributed by atoms with Crippen LogP contribution in [0.3, 0.4) is 0 Å². The first-order valence-corrected chi connectivity index (χ1v) is 27.8. The molecule has 0 fully saturated rings. The fourth-order valence-corrected chi connectivity index (χ4v) is 13.4. The lowest BCUT2D eigenvalue weighted by molar-refractivity contribution is 0.721. The van der Waals surface area contributed by atoms with Gasteiger partial charge in [0.15, 0.2) is 17.5 Å². The van der Waals surface area contributed by atoms with Gasteiger partial charge in [-0.3, -0.25) is 0 Å². The third-order valence-corrected chi connectivity index (χ3v) is 17.1. The zero-order valence-electron chi connectivity index (χ0n) is 43.9. The van der Waals surface area contributed by atoms with Gasteiger partial charge in [0.2, 0.25) is 0 Å². The summed E-state index contributed by atoms with van der Waals surface area (Å²) in [6.07, 6.45) is 6.97.